The molecule has 3 aromatic rings. The highest BCUT2D eigenvalue weighted by Gasteiger charge is 2.12. The largest absolute Gasteiger partial charge is 0.490 e. The number of rotatable bonds is 7. The van der Waals surface area contributed by atoms with Crippen LogP contribution >= 0.6 is 0 Å². The molecule has 0 bridgehead atoms. The maximum absolute atomic E-state index is 10.1. The molecule has 0 aliphatic rings. The SMILES string of the molecule is CCC(C)NCC(O)COc1cccc2[nH]c3cnccc3c12. The molecule has 23 heavy (non-hydrogen) atoms. The molecule has 122 valence electrons. The molecular formula is C18H23N3O2. The fraction of sp³-hybridized carbons (Fsp3) is 0.389. The highest BCUT2D eigenvalue weighted by molar-refractivity contribution is 6.10. The van der Waals surface area contributed by atoms with Crippen LogP contribution in [0.3, 0.4) is 0 Å². The lowest BCUT2D eigenvalue weighted by molar-refractivity contribution is 0.105. The van der Waals surface area contributed by atoms with Gasteiger partial charge in [-0.15, -0.1) is 0 Å². The summed E-state index contributed by atoms with van der Waals surface area (Å²) in [5, 5.41) is 15.5. The van der Waals surface area contributed by atoms with E-state index < -0.39 is 6.10 Å². The first-order valence-corrected chi connectivity index (χ1v) is 8.07. The van der Waals surface area contributed by atoms with E-state index in [2.05, 4.69) is 29.1 Å². The van der Waals surface area contributed by atoms with Gasteiger partial charge in [0.2, 0.25) is 0 Å². The van der Waals surface area contributed by atoms with Crippen LogP contribution in [-0.4, -0.2) is 40.4 Å². The summed E-state index contributed by atoms with van der Waals surface area (Å²) in [6.45, 7) is 5.02. The van der Waals surface area contributed by atoms with Gasteiger partial charge in [0.15, 0.2) is 0 Å². The summed E-state index contributed by atoms with van der Waals surface area (Å²) < 4.78 is 5.88. The van der Waals surface area contributed by atoms with E-state index >= 15 is 0 Å². The van der Waals surface area contributed by atoms with Crippen LogP contribution in [-0.2, 0) is 0 Å². The Bertz CT molecular complexity index is 784. The first-order chi connectivity index (χ1) is 11.2. The molecule has 5 nitrogen and oxygen atoms in total. The van der Waals surface area contributed by atoms with Crippen molar-refractivity contribution in [3.63, 3.8) is 0 Å². The van der Waals surface area contributed by atoms with Crippen molar-refractivity contribution in [3.8, 4) is 5.75 Å². The lowest BCUT2D eigenvalue weighted by atomic mass is 10.1. The number of aromatic amines is 1. The van der Waals surface area contributed by atoms with E-state index in [0.717, 1.165) is 34.0 Å². The van der Waals surface area contributed by atoms with Crippen LogP contribution in [0.2, 0.25) is 0 Å². The third-order valence-corrected chi connectivity index (χ3v) is 4.13. The minimum absolute atomic E-state index is 0.264. The molecular weight excluding hydrogens is 290 g/mol. The second-order valence-corrected chi connectivity index (χ2v) is 5.91. The Balaban J connectivity index is 1.75. The number of benzene rings is 1. The van der Waals surface area contributed by atoms with Gasteiger partial charge in [0.1, 0.15) is 18.5 Å². The molecule has 3 N–H and O–H groups in total. The summed E-state index contributed by atoms with van der Waals surface area (Å²) >= 11 is 0. The van der Waals surface area contributed by atoms with E-state index in [-0.39, 0.29) is 6.61 Å². The third kappa shape index (κ3) is 3.46. The van der Waals surface area contributed by atoms with Gasteiger partial charge in [-0.3, -0.25) is 4.98 Å². The van der Waals surface area contributed by atoms with Crippen molar-refractivity contribution in [2.24, 2.45) is 0 Å². The molecule has 0 aliphatic heterocycles. The molecule has 2 atom stereocenters. The molecule has 3 rings (SSSR count). The number of ether oxygens (including phenoxy) is 1. The van der Waals surface area contributed by atoms with E-state index in [9.17, 15) is 5.11 Å². The zero-order valence-electron chi connectivity index (χ0n) is 13.5. The van der Waals surface area contributed by atoms with Gasteiger partial charge < -0.3 is 20.1 Å². The summed E-state index contributed by atoms with van der Waals surface area (Å²) in [6.07, 6.45) is 4.09. The van der Waals surface area contributed by atoms with Gasteiger partial charge in [-0.25, -0.2) is 0 Å². The third-order valence-electron chi connectivity index (χ3n) is 4.13. The van der Waals surface area contributed by atoms with Crippen LogP contribution in [0.5, 0.6) is 5.75 Å². The van der Waals surface area contributed by atoms with Gasteiger partial charge in [0, 0.05) is 29.6 Å². The average molecular weight is 313 g/mol. The minimum Gasteiger partial charge on any atom is -0.490 e. The molecule has 0 radical (unpaired) electrons. The molecule has 5 heteroatoms. The first kappa shape index (κ1) is 15.8. The molecule has 0 aliphatic carbocycles. The smallest absolute Gasteiger partial charge is 0.129 e. The van der Waals surface area contributed by atoms with Crippen LogP contribution < -0.4 is 10.1 Å². The first-order valence-electron chi connectivity index (χ1n) is 8.07. The van der Waals surface area contributed by atoms with Crippen molar-refractivity contribution in [3.05, 3.63) is 36.7 Å². The normalized spacial score (nSPS) is 14.2. The van der Waals surface area contributed by atoms with Gasteiger partial charge in [-0.2, -0.15) is 0 Å². The Hall–Kier alpha value is -2.11. The van der Waals surface area contributed by atoms with E-state index in [1.165, 1.54) is 0 Å². The van der Waals surface area contributed by atoms with E-state index in [4.69, 9.17) is 4.74 Å². The monoisotopic (exact) mass is 313 g/mol. The number of hydrogen-bond acceptors (Lipinski definition) is 4. The molecule has 0 saturated heterocycles. The molecule has 0 amide bonds. The summed E-state index contributed by atoms with van der Waals surface area (Å²) in [6, 6.07) is 8.27. The number of nitrogens with zero attached hydrogens (tertiary/aromatic N) is 1. The van der Waals surface area contributed by atoms with E-state index in [1.54, 1.807) is 6.20 Å². The number of aliphatic hydroxyl groups is 1. The molecule has 1 aromatic carbocycles. The topological polar surface area (TPSA) is 70.2 Å². The summed E-state index contributed by atoms with van der Waals surface area (Å²) in [5.41, 5.74) is 2.00. The van der Waals surface area contributed by atoms with Crippen molar-refractivity contribution in [2.45, 2.75) is 32.4 Å². The van der Waals surface area contributed by atoms with Crippen LogP contribution in [0.25, 0.3) is 21.8 Å². The number of H-pyrrole nitrogens is 1. The van der Waals surface area contributed by atoms with E-state index in [1.807, 2.05) is 30.5 Å². The quantitative estimate of drug-likeness (QED) is 0.627. The zero-order chi connectivity index (χ0) is 16.2. The van der Waals surface area contributed by atoms with Crippen molar-refractivity contribution in [1.29, 1.82) is 0 Å². The average Bonchev–Trinajstić information content (AvgIpc) is 2.96. The number of hydrogen-bond donors (Lipinski definition) is 3. The van der Waals surface area contributed by atoms with Gasteiger partial charge >= 0.3 is 0 Å². The summed E-state index contributed by atoms with van der Waals surface area (Å²) in [5.74, 6) is 0.780. The second kappa shape index (κ2) is 6.98. The predicted octanol–water partition coefficient (Wildman–Crippen LogP) is 2.84. The summed E-state index contributed by atoms with van der Waals surface area (Å²) in [4.78, 5) is 7.48. The van der Waals surface area contributed by atoms with Crippen LogP contribution in [0, 0.1) is 0 Å². The van der Waals surface area contributed by atoms with Crippen molar-refractivity contribution in [1.82, 2.24) is 15.3 Å². The predicted molar refractivity (Wildman–Crippen MR) is 92.9 cm³/mol. The lowest BCUT2D eigenvalue weighted by Gasteiger charge is -2.16. The molecule has 0 saturated carbocycles. The lowest BCUT2D eigenvalue weighted by Crippen LogP contribution is -2.36. The molecule has 2 unspecified atom stereocenters. The maximum Gasteiger partial charge on any atom is 0.129 e. The highest BCUT2D eigenvalue weighted by atomic mass is 16.5. The van der Waals surface area contributed by atoms with Crippen molar-refractivity contribution in [2.75, 3.05) is 13.2 Å². The van der Waals surface area contributed by atoms with Crippen molar-refractivity contribution < 1.29 is 9.84 Å². The molecule has 2 aromatic heterocycles. The van der Waals surface area contributed by atoms with Gasteiger partial charge in [-0.05, 0) is 31.5 Å². The highest BCUT2D eigenvalue weighted by Crippen LogP contribution is 2.32. The minimum atomic E-state index is -0.536. The Kier molecular flexibility index (Phi) is 4.79. The number of pyridine rings is 1. The standard InChI is InChI=1S/C18H23N3O2/c1-3-12(2)20-9-13(22)11-23-17-6-4-5-15-18(17)14-7-8-19-10-16(14)21-15/h4-8,10,12-13,20-22H,3,9,11H2,1-2H3. The fourth-order valence-electron chi connectivity index (χ4n) is 2.62. The van der Waals surface area contributed by atoms with Crippen LogP contribution in [0.15, 0.2) is 36.7 Å². The van der Waals surface area contributed by atoms with Gasteiger partial charge in [0.25, 0.3) is 0 Å². The maximum atomic E-state index is 10.1. The van der Waals surface area contributed by atoms with E-state index in [0.29, 0.717) is 12.6 Å². The Morgan fingerprint density at radius 2 is 2.17 bits per heavy atom. The van der Waals surface area contributed by atoms with Crippen LogP contribution in [0.4, 0.5) is 0 Å². The Morgan fingerprint density at radius 3 is 3.00 bits per heavy atom. The Labute approximate surface area is 135 Å². The van der Waals surface area contributed by atoms with Crippen LogP contribution in [0.1, 0.15) is 20.3 Å². The Morgan fingerprint density at radius 1 is 1.30 bits per heavy atom. The van der Waals surface area contributed by atoms with Crippen molar-refractivity contribution >= 4 is 21.8 Å². The molecule has 2 heterocycles. The zero-order valence-corrected chi connectivity index (χ0v) is 13.5. The number of aliphatic hydroxyl groups excluding tert-OH is 1. The summed E-state index contributed by atoms with van der Waals surface area (Å²) in [7, 11) is 0. The fourth-order valence-corrected chi connectivity index (χ4v) is 2.62. The van der Waals surface area contributed by atoms with Gasteiger partial charge in [-0.1, -0.05) is 13.0 Å². The molecule has 0 fully saturated rings. The number of aromatic nitrogens is 2. The molecule has 0 spiro atoms. The number of nitrogens with one attached hydrogen (secondary N) is 2. The van der Waals surface area contributed by atoms with Gasteiger partial charge in [0.05, 0.1) is 17.2 Å². The second-order valence-electron chi connectivity index (χ2n) is 5.91. The number of fused-ring (bicyclic) bond motifs is 3.